The number of ether oxygens (including phenoxy) is 1. The van der Waals surface area contributed by atoms with Gasteiger partial charge in [0.25, 0.3) is 5.91 Å². The average Bonchev–Trinajstić information content (AvgIpc) is 2.67. The molecule has 0 radical (unpaired) electrons. The fourth-order valence-corrected chi connectivity index (χ4v) is 3.05. The number of anilines is 1. The van der Waals surface area contributed by atoms with Crippen LogP contribution in [0.4, 0.5) is 10.6 Å². The van der Waals surface area contributed by atoms with Crippen molar-refractivity contribution in [2.45, 2.75) is 26.5 Å². The molecule has 0 aromatic carbocycles. The van der Waals surface area contributed by atoms with Crippen LogP contribution >= 0.6 is 0 Å². The van der Waals surface area contributed by atoms with E-state index in [4.69, 9.17) is 4.74 Å². The van der Waals surface area contributed by atoms with Gasteiger partial charge < -0.3 is 15.4 Å². The molecule has 2 aromatic rings. The topological polar surface area (TPSA) is 108 Å². The van der Waals surface area contributed by atoms with Crippen LogP contribution in [0.3, 0.4) is 0 Å². The van der Waals surface area contributed by atoms with Crippen LogP contribution in [-0.4, -0.2) is 59.6 Å². The normalized spacial score (nSPS) is 14.0. The third-order valence-electron chi connectivity index (χ3n) is 4.52. The Morgan fingerprint density at radius 2 is 2.07 bits per heavy atom. The molecule has 0 bridgehead atoms. The van der Waals surface area contributed by atoms with Crippen molar-refractivity contribution in [1.29, 1.82) is 0 Å². The van der Waals surface area contributed by atoms with Crippen LogP contribution in [0, 0.1) is 6.92 Å². The van der Waals surface area contributed by atoms with Gasteiger partial charge in [0.05, 0.1) is 5.69 Å². The summed E-state index contributed by atoms with van der Waals surface area (Å²) in [5.41, 5.74) is 2.14. The number of hydrogen-bond donors (Lipinski definition) is 3. The number of likely N-dealkylation sites (tertiary alicyclic amines) is 1. The van der Waals surface area contributed by atoms with Gasteiger partial charge >= 0.3 is 6.03 Å². The Kier molecular flexibility index (Phi) is 6.61. The standard InChI is InChI=1S/C20H26N6O3/c1-4-22-20(28)25-18-9-14(7-8-23-18)10-26-11-15(12-26)29-17-6-5-16(19(27)21-3)24-13(17)2/h5-9,15H,4,10-12H2,1-3H3,(H,21,27)(H2,22,23,25,28). The molecule has 9 nitrogen and oxygen atoms in total. The molecule has 9 heteroatoms. The second-order valence-corrected chi connectivity index (χ2v) is 6.83. The second kappa shape index (κ2) is 9.33. The fourth-order valence-electron chi connectivity index (χ4n) is 3.05. The van der Waals surface area contributed by atoms with E-state index in [0.29, 0.717) is 29.5 Å². The number of urea groups is 1. The molecule has 29 heavy (non-hydrogen) atoms. The molecule has 3 rings (SSSR count). The Morgan fingerprint density at radius 1 is 1.28 bits per heavy atom. The Hall–Kier alpha value is -3.20. The largest absolute Gasteiger partial charge is 0.486 e. The summed E-state index contributed by atoms with van der Waals surface area (Å²) in [6.45, 7) is 6.58. The molecule has 1 fully saturated rings. The Morgan fingerprint density at radius 3 is 2.76 bits per heavy atom. The van der Waals surface area contributed by atoms with Crippen molar-refractivity contribution >= 4 is 17.8 Å². The lowest BCUT2D eigenvalue weighted by atomic mass is 10.1. The van der Waals surface area contributed by atoms with Gasteiger partial charge in [0, 0.05) is 39.4 Å². The van der Waals surface area contributed by atoms with Crippen LogP contribution in [-0.2, 0) is 6.54 Å². The molecule has 1 aliphatic heterocycles. The first-order chi connectivity index (χ1) is 14.0. The number of nitrogens with one attached hydrogen (secondary N) is 3. The van der Waals surface area contributed by atoms with Crippen molar-refractivity contribution in [3.63, 3.8) is 0 Å². The van der Waals surface area contributed by atoms with Crippen molar-refractivity contribution in [1.82, 2.24) is 25.5 Å². The van der Waals surface area contributed by atoms with Gasteiger partial charge in [-0.3, -0.25) is 15.0 Å². The summed E-state index contributed by atoms with van der Waals surface area (Å²) in [6, 6.07) is 6.99. The van der Waals surface area contributed by atoms with Crippen LogP contribution in [0.5, 0.6) is 5.75 Å². The molecule has 0 spiro atoms. The molecule has 0 unspecified atom stereocenters. The van der Waals surface area contributed by atoms with E-state index >= 15 is 0 Å². The maximum Gasteiger partial charge on any atom is 0.320 e. The number of aryl methyl sites for hydroxylation is 1. The minimum atomic E-state index is -0.263. The molecular formula is C20H26N6O3. The maximum atomic E-state index is 11.6. The summed E-state index contributed by atoms with van der Waals surface area (Å²) in [7, 11) is 1.58. The summed E-state index contributed by atoms with van der Waals surface area (Å²) < 4.78 is 6.01. The predicted octanol–water partition coefficient (Wildman–Crippen LogP) is 1.55. The first-order valence-electron chi connectivity index (χ1n) is 9.57. The summed E-state index contributed by atoms with van der Waals surface area (Å²) in [4.78, 5) is 34.0. The van der Waals surface area contributed by atoms with Crippen molar-refractivity contribution in [3.8, 4) is 5.75 Å². The molecule has 154 valence electrons. The third kappa shape index (κ3) is 5.41. The highest BCUT2D eigenvalue weighted by Gasteiger charge is 2.29. The zero-order chi connectivity index (χ0) is 20.8. The van der Waals surface area contributed by atoms with Crippen LogP contribution in [0.15, 0.2) is 30.5 Å². The highest BCUT2D eigenvalue weighted by Crippen LogP contribution is 2.23. The second-order valence-electron chi connectivity index (χ2n) is 6.83. The van der Waals surface area contributed by atoms with Crippen LogP contribution < -0.4 is 20.7 Å². The van der Waals surface area contributed by atoms with E-state index in [1.807, 2.05) is 26.0 Å². The van der Waals surface area contributed by atoms with E-state index < -0.39 is 0 Å². The number of pyridine rings is 2. The molecule has 0 saturated carbocycles. The Labute approximate surface area is 169 Å². The minimum Gasteiger partial charge on any atom is -0.486 e. The van der Waals surface area contributed by atoms with Gasteiger partial charge in [0.15, 0.2) is 0 Å². The summed E-state index contributed by atoms with van der Waals surface area (Å²) in [5, 5.41) is 7.96. The quantitative estimate of drug-likeness (QED) is 0.653. The summed E-state index contributed by atoms with van der Waals surface area (Å²) in [5.74, 6) is 1.01. The molecule has 3 amide bonds. The lowest BCUT2D eigenvalue weighted by Gasteiger charge is -2.39. The molecule has 1 aliphatic rings. The molecular weight excluding hydrogens is 372 g/mol. The van der Waals surface area contributed by atoms with E-state index in [0.717, 1.165) is 25.2 Å². The van der Waals surface area contributed by atoms with Crippen molar-refractivity contribution in [2.75, 3.05) is 32.0 Å². The number of rotatable bonds is 7. The van der Waals surface area contributed by atoms with Gasteiger partial charge in [-0.15, -0.1) is 0 Å². The third-order valence-corrected chi connectivity index (χ3v) is 4.52. The first kappa shape index (κ1) is 20.5. The fraction of sp³-hybridized carbons (Fsp3) is 0.400. The number of carbonyl (C=O) groups excluding carboxylic acids is 2. The highest BCUT2D eigenvalue weighted by molar-refractivity contribution is 5.92. The highest BCUT2D eigenvalue weighted by atomic mass is 16.5. The first-order valence-corrected chi connectivity index (χ1v) is 9.57. The Bertz CT molecular complexity index is 882. The molecule has 2 aromatic heterocycles. The van der Waals surface area contributed by atoms with E-state index in [-0.39, 0.29) is 18.0 Å². The number of amides is 3. The van der Waals surface area contributed by atoms with Gasteiger partial charge in [-0.25, -0.2) is 14.8 Å². The van der Waals surface area contributed by atoms with Crippen LogP contribution in [0.25, 0.3) is 0 Å². The zero-order valence-electron chi connectivity index (χ0n) is 16.9. The van der Waals surface area contributed by atoms with E-state index in [1.165, 1.54) is 0 Å². The van der Waals surface area contributed by atoms with Crippen molar-refractivity contribution in [2.24, 2.45) is 0 Å². The summed E-state index contributed by atoms with van der Waals surface area (Å²) in [6.07, 6.45) is 1.77. The zero-order valence-corrected chi connectivity index (χ0v) is 16.9. The monoisotopic (exact) mass is 398 g/mol. The van der Waals surface area contributed by atoms with Gasteiger partial charge in [-0.2, -0.15) is 0 Å². The summed E-state index contributed by atoms with van der Waals surface area (Å²) >= 11 is 0. The van der Waals surface area contributed by atoms with Crippen LogP contribution in [0.2, 0.25) is 0 Å². The van der Waals surface area contributed by atoms with Gasteiger partial charge in [0.2, 0.25) is 0 Å². The molecule has 0 aliphatic carbocycles. The van der Waals surface area contributed by atoms with Crippen LogP contribution in [0.1, 0.15) is 28.7 Å². The van der Waals surface area contributed by atoms with E-state index in [2.05, 4.69) is 30.8 Å². The van der Waals surface area contributed by atoms with Gasteiger partial charge in [0.1, 0.15) is 23.4 Å². The van der Waals surface area contributed by atoms with Gasteiger partial charge in [-0.05, 0) is 43.7 Å². The van der Waals surface area contributed by atoms with E-state index in [9.17, 15) is 9.59 Å². The maximum absolute atomic E-state index is 11.6. The molecule has 3 N–H and O–H groups in total. The number of carbonyl (C=O) groups is 2. The Balaban J connectivity index is 1.49. The molecule has 0 atom stereocenters. The predicted molar refractivity (Wildman–Crippen MR) is 109 cm³/mol. The van der Waals surface area contributed by atoms with Crippen molar-refractivity contribution in [3.05, 3.63) is 47.4 Å². The number of hydrogen-bond acceptors (Lipinski definition) is 6. The number of nitrogens with zero attached hydrogens (tertiary/aromatic N) is 3. The minimum absolute atomic E-state index is 0.0797. The molecule has 1 saturated heterocycles. The van der Waals surface area contributed by atoms with Gasteiger partial charge in [-0.1, -0.05) is 0 Å². The lowest BCUT2D eigenvalue weighted by molar-refractivity contribution is 0.0139. The molecule has 3 heterocycles. The van der Waals surface area contributed by atoms with E-state index in [1.54, 1.807) is 25.4 Å². The smallest absolute Gasteiger partial charge is 0.320 e. The lowest BCUT2D eigenvalue weighted by Crippen LogP contribution is -2.53. The SMILES string of the molecule is CCNC(=O)Nc1cc(CN2CC(Oc3ccc(C(=O)NC)nc3C)C2)ccn1. The van der Waals surface area contributed by atoms with Crippen molar-refractivity contribution < 1.29 is 14.3 Å². The average molecular weight is 398 g/mol. The number of aromatic nitrogens is 2.